The Hall–Kier alpha value is -2.29. The number of likely N-dealkylation sites (tertiary alicyclic amines) is 1. The van der Waals surface area contributed by atoms with Crippen molar-refractivity contribution >= 4 is 17.4 Å². The molecule has 2 rings (SSSR count). The van der Waals surface area contributed by atoms with E-state index in [9.17, 15) is 14.4 Å². The molecule has 0 radical (unpaired) electrons. The van der Waals surface area contributed by atoms with Crippen molar-refractivity contribution in [2.75, 3.05) is 50.5 Å². The van der Waals surface area contributed by atoms with E-state index in [1.54, 1.807) is 12.0 Å². The summed E-state index contributed by atoms with van der Waals surface area (Å²) in [6.07, 6.45) is 5.91. The van der Waals surface area contributed by atoms with Crippen molar-refractivity contribution in [3.05, 3.63) is 20.8 Å². The summed E-state index contributed by atoms with van der Waals surface area (Å²) in [7, 11) is 1.56. The van der Waals surface area contributed by atoms with Gasteiger partial charge in [0.1, 0.15) is 11.5 Å². The average molecular weight is 396 g/mol. The third-order valence-corrected chi connectivity index (χ3v) is 5.12. The van der Waals surface area contributed by atoms with E-state index in [1.165, 1.54) is 4.57 Å². The fourth-order valence-electron chi connectivity index (χ4n) is 3.48. The van der Waals surface area contributed by atoms with Crippen molar-refractivity contribution in [3.63, 3.8) is 0 Å². The van der Waals surface area contributed by atoms with Crippen molar-refractivity contribution in [1.82, 2.24) is 14.5 Å². The molecular weight excluding hydrogens is 362 g/mol. The number of H-pyrrole nitrogens is 1. The smallest absolute Gasteiger partial charge is 0.330 e. The summed E-state index contributed by atoms with van der Waals surface area (Å²) in [6, 6.07) is 0. The van der Waals surface area contributed by atoms with E-state index >= 15 is 0 Å². The highest BCUT2D eigenvalue weighted by Crippen LogP contribution is 2.18. The molecule has 0 aromatic carbocycles. The molecular formula is C19H33N5O4. The maximum absolute atomic E-state index is 12.9. The minimum Gasteiger partial charge on any atom is -0.383 e. The van der Waals surface area contributed by atoms with Gasteiger partial charge in [-0.25, -0.2) is 4.79 Å². The van der Waals surface area contributed by atoms with Gasteiger partial charge in [0.2, 0.25) is 5.91 Å². The second kappa shape index (κ2) is 10.9. The molecule has 1 saturated heterocycles. The number of hydrogen-bond donors (Lipinski definition) is 2. The van der Waals surface area contributed by atoms with Crippen molar-refractivity contribution in [1.29, 1.82) is 0 Å². The Balaban J connectivity index is 2.32. The molecule has 0 spiro atoms. The highest BCUT2D eigenvalue weighted by atomic mass is 16.5. The largest absolute Gasteiger partial charge is 0.383 e. The number of ether oxygens (including phenoxy) is 1. The van der Waals surface area contributed by atoms with E-state index in [0.29, 0.717) is 19.7 Å². The first-order valence-electron chi connectivity index (χ1n) is 10.1. The quantitative estimate of drug-likeness (QED) is 0.639. The second-order valence-electron chi connectivity index (χ2n) is 7.21. The van der Waals surface area contributed by atoms with Gasteiger partial charge in [-0.2, -0.15) is 0 Å². The number of carbonyl (C=O) groups is 1. The number of nitrogen functional groups attached to an aromatic ring is 1. The first kappa shape index (κ1) is 22.0. The van der Waals surface area contributed by atoms with Crippen molar-refractivity contribution in [2.24, 2.45) is 0 Å². The molecule has 9 heteroatoms. The minimum absolute atomic E-state index is 0.0304. The number of nitrogens with two attached hydrogens (primary N) is 1. The molecule has 1 aliphatic rings. The molecule has 3 N–H and O–H groups in total. The Labute approximate surface area is 165 Å². The number of unbranched alkanes of at least 4 members (excludes halogenated alkanes) is 1. The summed E-state index contributed by atoms with van der Waals surface area (Å²) >= 11 is 0. The topological polar surface area (TPSA) is 114 Å². The molecule has 1 aromatic rings. The molecule has 0 aliphatic carbocycles. The van der Waals surface area contributed by atoms with Crippen LogP contribution in [0.4, 0.5) is 11.5 Å². The van der Waals surface area contributed by atoms with Crippen LogP contribution in [0.1, 0.15) is 45.4 Å². The molecule has 1 fully saturated rings. The third-order valence-electron chi connectivity index (χ3n) is 5.12. The highest BCUT2D eigenvalue weighted by Gasteiger charge is 2.23. The standard InChI is InChI=1S/C19H33N5O4/c1-3-4-11-24-17(20)16(18(26)21-19(24)27)23(12-13-28-2)14-15(25)22-9-7-5-6-8-10-22/h3-14,20H2,1-2H3,(H,21,26,27). The molecule has 9 nitrogen and oxygen atoms in total. The first-order valence-corrected chi connectivity index (χ1v) is 10.1. The Morgan fingerprint density at radius 2 is 1.89 bits per heavy atom. The lowest BCUT2D eigenvalue weighted by Crippen LogP contribution is -2.45. The number of rotatable bonds is 9. The Bertz CT molecular complexity index is 750. The maximum Gasteiger partial charge on any atom is 0.330 e. The molecule has 1 aromatic heterocycles. The van der Waals surface area contributed by atoms with Crippen LogP contribution in [0, 0.1) is 0 Å². The number of methoxy groups -OCH3 is 1. The molecule has 0 atom stereocenters. The average Bonchev–Trinajstić information content (AvgIpc) is 2.95. The summed E-state index contributed by atoms with van der Waals surface area (Å²) in [5.74, 6) is 0.0603. The van der Waals surface area contributed by atoms with Gasteiger partial charge in [-0.1, -0.05) is 26.2 Å². The van der Waals surface area contributed by atoms with Gasteiger partial charge in [-0.05, 0) is 19.3 Å². The zero-order chi connectivity index (χ0) is 20.5. The molecule has 1 aliphatic heterocycles. The van der Waals surface area contributed by atoms with Gasteiger partial charge < -0.3 is 20.3 Å². The lowest BCUT2D eigenvalue weighted by atomic mass is 10.2. The number of nitrogens with zero attached hydrogens (tertiary/aromatic N) is 3. The van der Waals surface area contributed by atoms with Gasteiger partial charge in [0.05, 0.1) is 13.2 Å². The highest BCUT2D eigenvalue weighted by molar-refractivity contribution is 5.82. The van der Waals surface area contributed by atoms with Gasteiger partial charge >= 0.3 is 5.69 Å². The Kier molecular flexibility index (Phi) is 8.56. The zero-order valence-corrected chi connectivity index (χ0v) is 17.0. The van der Waals surface area contributed by atoms with Crippen LogP contribution < -0.4 is 21.9 Å². The number of hydrogen-bond acceptors (Lipinski definition) is 6. The minimum atomic E-state index is -0.574. The third kappa shape index (κ3) is 5.60. The van der Waals surface area contributed by atoms with Gasteiger partial charge in [-0.15, -0.1) is 0 Å². The monoisotopic (exact) mass is 395 g/mol. The summed E-state index contributed by atoms with van der Waals surface area (Å²) < 4.78 is 6.52. The lowest BCUT2D eigenvalue weighted by Gasteiger charge is -2.28. The zero-order valence-electron chi connectivity index (χ0n) is 17.0. The normalized spacial score (nSPS) is 14.7. The number of anilines is 2. The van der Waals surface area contributed by atoms with Crippen LogP contribution in [-0.4, -0.2) is 60.3 Å². The number of amides is 1. The fourth-order valence-corrected chi connectivity index (χ4v) is 3.48. The van der Waals surface area contributed by atoms with Crippen LogP contribution >= 0.6 is 0 Å². The van der Waals surface area contributed by atoms with Crippen LogP contribution in [0.2, 0.25) is 0 Å². The molecule has 0 unspecified atom stereocenters. The molecule has 158 valence electrons. The van der Waals surface area contributed by atoms with E-state index in [0.717, 1.165) is 51.6 Å². The second-order valence-corrected chi connectivity index (χ2v) is 7.21. The van der Waals surface area contributed by atoms with E-state index < -0.39 is 11.2 Å². The van der Waals surface area contributed by atoms with Crippen LogP contribution in [-0.2, 0) is 16.1 Å². The first-order chi connectivity index (χ1) is 13.5. The predicted octanol–water partition coefficient (Wildman–Crippen LogP) is 0.774. The summed E-state index contributed by atoms with van der Waals surface area (Å²) in [6.45, 7) is 4.59. The van der Waals surface area contributed by atoms with Gasteiger partial charge in [-0.3, -0.25) is 19.1 Å². The van der Waals surface area contributed by atoms with Crippen LogP contribution in [0.15, 0.2) is 9.59 Å². The van der Waals surface area contributed by atoms with Gasteiger partial charge in [0.15, 0.2) is 0 Å². The van der Waals surface area contributed by atoms with Crippen LogP contribution in [0.5, 0.6) is 0 Å². The molecule has 28 heavy (non-hydrogen) atoms. The van der Waals surface area contributed by atoms with Crippen molar-refractivity contribution < 1.29 is 9.53 Å². The van der Waals surface area contributed by atoms with Crippen LogP contribution in [0.25, 0.3) is 0 Å². The number of aromatic amines is 1. The maximum atomic E-state index is 12.9. The van der Waals surface area contributed by atoms with Crippen molar-refractivity contribution in [2.45, 2.75) is 52.0 Å². The molecule has 0 saturated carbocycles. The Morgan fingerprint density at radius 1 is 1.21 bits per heavy atom. The number of carbonyl (C=O) groups excluding carboxylic acids is 1. The van der Waals surface area contributed by atoms with Gasteiger partial charge in [0, 0.05) is 33.3 Å². The molecule has 1 amide bonds. The van der Waals surface area contributed by atoms with E-state index in [4.69, 9.17) is 10.5 Å². The van der Waals surface area contributed by atoms with Crippen molar-refractivity contribution in [3.8, 4) is 0 Å². The van der Waals surface area contributed by atoms with E-state index in [1.807, 2.05) is 11.8 Å². The number of aromatic nitrogens is 2. The lowest BCUT2D eigenvalue weighted by molar-refractivity contribution is -0.129. The van der Waals surface area contributed by atoms with E-state index in [-0.39, 0.29) is 24.0 Å². The number of nitrogens with one attached hydrogen (secondary N) is 1. The summed E-state index contributed by atoms with van der Waals surface area (Å²) in [5.41, 5.74) is 5.28. The Morgan fingerprint density at radius 3 is 2.50 bits per heavy atom. The summed E-state index contributed by atoms with van der Waals surface area (Å²) in [5, 5.41) is 0. The SMILES string of the molecule is CCCCn1c(N)c(N(CCOC)CC(=O)N2CCCCCC2)c(=O)[nH]c1=O. The van der Waals surface area contributed by atoms with Crippen LogP contribution in [0.3, 0.4) is 0 Å². The fraction of sp³-hybridized carbons (Fsp3) is 0.737. The summed E-state index contributed by atoms with van der Waals surface area (Å²) in [4.78, 5) is 43.4. The van der Waals surface area contributed by atoms with Gasteiger partial charge in [0.25, 0.3) is 5.56 Å². The van der Waals surface area contributed by atoms with E-state index in [2.05, 4.69) is 4.98 Å². The molecule has 0 bridgehead atoms. The predicted molar refractivity (Wildman–Crippen MR) is 110 cm³/mol. The molecule has 2 heterocycles.